The Bertz CT molecular complexity index is 358. The Labute approximate surface area is 113 Å². The maximum absolute atomic E-state index is 3.53. The van der Waals surface area contributed by atoms with Crippen LogP contribution in [0.15, 0.2) is 24.3 Å². The fourth-order valence-corrected chi connectivity index (χ4v) is 2.86. The number of nitrogens with one attached hydrogen (secondary N) is 1. The molecule has 1 unspecified atom stereocenters. The zero-order valence-corrected chi connectivity index (χ0v) is 12.9. The molecule has 0 aromatic heterocycles. The fourth-order valence-electron chi connectivity index (χ4n) is 2.86. The summed E-state index contributed by atoms with van der Waals surface area (Å²) in [5.41, 5.74) is 3.15. The molecule has 0 spiro atoms. The summed E-state index contributed by atoms with van der Waals surface area (Å²) in [5, 5.41) is 3.53. The van der Waals surface area contributed by atoms with Gasteiger partial charge in [0.05, 0.1) is 0 Å². The SMILES string of the molecule is CCC(CC)C(NC)c1ccccc1C(C)(C)C. The Morgan fingerprint density at radius 3 is 2.06 bits per heavy atom. The molecule has 0 saturated carbocycles. The first-order valence-electron chi connectivity index (χ1n) is 7.22. The molecule has 0 heterocycles. The van der Waals surface area contributed by atoms with Gasteiger partial charge in [0.25, 0.3) is 0 Å². The van der Waals surface area contributed by atoms with Crippen LogP contribution in [0.1, 0.15) is 64.6 Å². The van der Waals surface area contributed by atoms with Crippen molar-refractivity contribution in [2.24, 2.45) is 5.92 Å². The van der Waals surface area contributed by atoms with Crippen molar-refractivity contribution < 1.29 is 0 Å². The van der Waals surface area contributed by atoms with Gasteiger partial charge in [-0.1, -0.05) is 71.7 Å². The van der Waals surface area contributed by atoms with Crippen molar-refractivity contribution in [1.29, 1.82) is 0 Å². The Kier molecular flexibility index (Phi) is 5.40. The lowest BCUT2D eigenvalue weighted by Gasteiger charge is -2.31. The summed E-state index contributed by atoms with van der Waals surface area (Å²) in [6, 6.07) is 9.36. The second kappa shape index (κ2) is 6.38. The number of rotatable bonds is 5. The average molecular weight is 247 g/mol. The van der Waals surface area contributed by atoms with Crippen molar-refractivity contribution >= 4 is 0 Å². The lowest BCUT2D eigenvalue weighted by molar-refractivity contribution is 0.354. The van der Waals surface area contributed by atoms with Crippen molar-refractivity contribution in [2.45, 2.75) is 58.9 Å². The van der Waals surface area contributed by atoms with E-state index in [9.17, 15) is 0 Å². The van der Waals surface area contributed by atoms with Gasteiger partial charge >= 0.3 is 0 Å². The molecule has 0 bridgehead atoms. The largest absolute Gasteiger partial charge is 0.313 e. The molecular weight excluding hydrogens is 218 g/mol. The first kappa shape index (κ1) is 15.2. The summed E-state index contributed by atoms with van der Waals surface area (Å²) in [7, 11) is 2.09. The summed E-state index contributed by atoms with van der Waals surface area (Å²) >= 11 is 0. The summed E-state index contributed by atoms with van der Waals surface area (Å²) in [6.07, 6.45) is 2.45. The van der Waals surface area contributed by atoms with Crippen LogP contribution in [0, 0.1) is 5.92 Å². The highest BCUT2D eigenvalue weighted by Gasteiger charge is 2.25. The maximum atomic E-state index is 3.53. The number of hydrogen-bond donors (Lipinski definition) is 1. The predicted octanol–water partition coefficient (Wildman–Crippen LogP) is 4.68. The minimum absolute atomic E-state index is 0.206. The summed E-state index contributed by atoms with van der Waals surface area (Å²) in [4.78, 5) is 0. The summed E-state index contributed by atoms with van der Waals surface area (Å²) in [6.45, 7) is 11.5. The molecule has 102 valence electrons. The van der Waals surface area contributed by atoms with Crippen LogP contribution >= 0.6 is 0 Å². The molecule has 1 rings (SSSR count). The fraction of sp³-hybridized carbons (Fsp3) is 0.647. The van der Waals surface area contributed by atoms with Gasteiger partial charge in [0.15, 0.2) is 0 Å². The molecule has 0 amide bonds. The van der Waals surface area contributed by atoms with Crippen LogP contribution in [0.4, 0.5) is 0 Å². The molecule has 1 heteroatoms. The maximum Gasteiger partial charge on any atom is 0.0348 e. The monoisotopic (exact) mass is 247 g/mol. The van der Waals surface area contributed by atoms with Crippen molar-refractivity contribution in [3.63, 3.8) is 0 Å². The van der Waals surface area contributed by atoms with Gasteiger partial charge < -0.3 is 5.32 Å². The van der Waals surface area contributed by atoms with E-state index in [1.807, 2.05) is 0 Å². The summed E-state index contributed by atoms with van der Waals surface area (Å²) < 4.78 is 0. The molecule has 1 nitrogen and oxygen atoms in total. The third kappa shape index (κ3) is 3.35. The van der Waals surface area contributed by atoms with E-state index in [-0.39, 0.29) is 5.41 Å². The smallest absolute Gasteiger partial charge is 0.0348 e. The highest BCUT2D eigenvalue weighted by molar-refractivity contribution is 5.35. The third-order valence-electron chi connectivity index (χ3n) is 3.94. The van der Waals surface area contributed by atoms with Gasteiger partial charge in [-0.05, 0) is 29.5 Å². The van der Waals surface area contributed by atoms with Crippen molar-refractivity contribution in [3.8, 4) is 0 Å². The molecule has 0 aliphatic heterocycles. The Morgan fingerprint density at radius 2 is 1.61 bits per heavy atom. The van der Waals surface area contributed by atoms with Gasteiger partial charge in [-0.2, -0.15) is 0 Å². The van der Waals surface area contributed by atoms with E-state index >= 15 is 0 Å². The first-order chi connectivity index (χ1) is 8.45. The van der Waals surface area contributed by atoms with E-state index in [1.54, 1.807) is 0 Å². The zero-order valence-electron chi connectivity index (χ0n) is 12.9. The third-order valence-corrected chi connectivity index (χ3v) is 3.94. The van der Waals surface area contributed by atoms with E-state index in [1.165, 1.54) is 24.0 Å². The Hall–Kier alpha value is -0.820. The van der Waals surface area contributed by atoms with E-state index in [2.05, 4.69) is 71.2 Å². The standard InChI is InChI=1S/C17H29N/c1-7-13(8-2)16(18-6)14-11-9-10-12-15(14)17(3,4)5/h9-13,16,18H,7-8H2,1-6H3. The molecule has 1 atom stereocenters. The number of benzene rings is 1. The molecule has 1 aromatic carbocycles. The molecule has 0 radical (unpaired) electrons. The van der Waals surface area contributed by atoms with Crippen LogP contribution in [0.2, 0.25) is 0 Å². The van der Waals surface area contributed by atoms with Crippen molar-refractivity contribution in [3.05, 3.63) is 35.4 Å². The van der Waals surface area contributed by atoms with Gasteiger partial charge in [-0.15, -0.1) is 0 Å². The minimum atomic E-state index is 0.206. The van der Waals surface area contributed by atoms with Crippen LogP contribution in [-0.2, 0) is 5.41 Å². The lowest BCUT2D eigenvalue weighted by Crippen LogP contribution is -2.28. The Morgan fingerprint density at radius 1 is 1.06 bits per heavy atom. The van der Waals surface area contributed by atoms with Gasteiger partial charge in [-0.25, -0.2) is 0 Å². The van der Waals surface area contributed by atoms with Crippen LogP contribution in [0.25, 0.3) is 0 Å². The van der Waals surface area contributed by atoms with Crippen molar-refractivity contribution in [1.82, 2.24) is 5.32 Å². The summed E-state index contributed by atoms with van der Waals surface area (Å²) in [5.74, 6) is 0.707. The molecule has 0 fully saturated rings. The molecular formula is C17H29N. The zero-order chi connectivity index (χ0) is 13.8. The van der Waals surface area contributed by atoms with Gasteiger partial charge in [0.1, 0.15) is 0 Å². The quantitative estimate of drug-likeness (QED) is 0.796. The molecule has 0 saturated heterocycles. The average Bonchev–Trinajstić information content (AvgIpc) is 2.34. The highest BCUT2D eigenvalue weighted by Crippen LogP contribution is 2.34. The van der Waals surface area contributed by atoms with Gasteiger partial charge in [-0.3, -0.25) is 0 Å². The normalized spacial score (nSPS) is 13.9. The van der Waals surface area contributed by atoms with Crippen LogP contribution in [0.5, 0.6) is 0 Å². The minimum Gasteiger partial charge on any atom is -0.313 e. The number of hydrogen-bond acceptors (Lipinski definition) is 1. The van der Waals surface area contributed by atoms with Crippen LogP contribution in [0.3, 0.4) is 0 Å². The van der Waals surface area contributed by atoms with Crippen LogP contribution < -0.4 is 5.32 Å². The van der Waals surface area contributed by atoms with Crippen molar-refractivity contribution in [2.75, 3.05) is 7.05 Å². The van der Waals surface area contributed by atoms with E-state index in [4.69, 9.17) is 0 Å². The predicted molar refractivity (Wildman–Crippen MR) is 81.0 cm³/mol. The van der Waals surface area contributed by atoms with Gasteiger partial charge in [0.2, 0.25) is 0 Å². The lowest BCUT2D eigenvalue weighted by atomic mass is 9.78. The van der Waals surface area contributed by atoms with E-state index in [0.29, 0.717) is 12.0 Å². The highest BCUT2D eigenvalue weighted by atomic mass is 14.9. The molecule has 1 N–H and O–H groups in total. The first-order valence-corrected chi connectivity index (χ1v) is 7.22. The molecule has 0 aliphatic rings. The van der Waals surface area contributed by atoms with E-state index < -0.39 is 0 Å². The topological polar surface area (TPSA) is 12.0 Å². The second-order valence-corrected chi connectivity index (χ2v) is 6.18. The van der Waals surface area contributed by atoms with Gasteiger partial charge in [0, 0.05) is 6.04 Å². The second-order valence-electron chi connectivity index (χ2n) is 6.18. The molecule has 18 heavy (non-hydrogen) atoms. The van der Waals surface area contributed by atoms with Crippen LogP contribution in [-0.4, -0.2) is 7.05 Å². The van der Waals surface area contributed by atoms with E-state index in [0.717, 1.165) is 0 Å². The Balaban J connectivity index is 3.21. The molecule has 1 aromatic rings. The molecule has 0 aliphatic carbocycles.